The number of rotatable bonds is 6. The predicted octanol–water partition coefficient (Wildman–Crippen LogP) is 2.93. The zero-order valence-corrected chi connectivity index (χ0v) is 15.9. The van der Waals surface area contributed by atoms with E-state index in [1.54, 1.807) is 12.1 Å². The molecule has 9 heteroatoms. The van der Waals surface area contributed by atoms with Gasteiger partial charge in [0.25, 0.3) is 5.69 Å². The second-order valence-corrected chi connectivity index (χ2v) is 6.44. The van der Waals surface area contributed by atoms with E-state index in [-0.39, 0.29) is 11.5 Å². The van der Waals surface area contributed by atoms with Gasteiger partial charge in [-0.2, -0.15) is 5.10 Å². The summed E-state index contributed by atoms with van der Waals surface area (Å²) >= 11 is 0. The van der Waals surface area contributed by atoms with Gasteiger partial charge in [0.15, 0.2) is 5.84 Å². The second kappa shape index (κ2) is 8.34. The Bertz CT molecular complexity index is 1070. The molecule has 29 heavy (non-hydrogen) atoms. The van der Waals surface area contributed by atoms with Crippen LogP contribution in [0, 0.1) is 24.0 Å². The number of oxime groups is 1. The topological polar surface area (TPSA) is 126 Å². The van der Waals surface area contributed by atoms with Crippen molar-refractivity contribution >= 4 is 17.5 Å². The number of nitrogens with zero attached hydrogens (tertiary/aromatic N) is 4. The standard InChI is InChI=1S/C20H19N5O4/c1-13-11-14(2)24(22-13)12-15-3-5-17(6-4-15)20(26)29-23-19(21)16-7-9-18(10-8-16)25(27)28/h3-11H,12H2,1-2H3,(H2,21,23). The van der Waals surface area contributed by atoms with Crippen molar-refractivity contribution < 1.29 is 14.6 Å². The molecule has 1 aromatic heterocycles. The summed E-state index contributed by atoms with van der Waals surface area (Å²) in [6.07, 6.45) is 0. The lowest BCUT2D eigenvalue weighted by molar-refractivity contribution is -0.384. The Kier molecular flexibility index (Phi) is 5.68. The molecule has 0 radical (unpaired) electrons. The molecule has 3 rings (SSSR count). The van der Waals surface area contributed by atoms with Gasteiger partial charge in [0.1, 0.15) is 0 Å². The molecule has 2 N–H and O–H groups in total. The lowest BCUT2D eigenvalue weighted by atomic mass is 10.1. The molecule has 0 unspecified atom stereocenters. The van der Waals surface area contributed by atoms with Crippen LogP contribution in [-0.4, -0.2) is 26.5 Å². The van der Waals surface area contributed by atoms with Crippen LogP contribution in [0.2, 0.25) is 0 Å². The first-order valence-electron chi connectivity index (χ1n) is 8.73. The third-order valence-electron chi connectivity index (χ3n) is 4.23. The van der Waals surface area contributed by atoms with Crippen LogP contribution >= 0.6 is 0 Å². The van der Waals surface area contributed by atoms with Gasteiger partial charge in [0.2, 0.25) is 0 Å². The van der Waals surface area contributed by atoms with E-state index in [0.717, 1.165) is 17.0 Å². The number of hydrogen-bond donors (Lipinski definition) is 1. The molecule has 0 atom stereocenters. The number of hydrogen-bond acceptors (Lipinski definition) is 6. The van der Waals surface area contributed by atoms with E-state index in [9.17, 15) is 14.9 Å². The van der Waals surface area contributed by atoms with Gasteiger partial charge in [0, 0.05) is 23.4 Å². The fourth-order valence-corrected chi connectivity index (χ4v) is 2.70. The first-order chi connectivity index (χ1) is 13.8. The van der Waals surface area contributed by atoms with E-state index >= 15 is 0 Å². The van der Waals surface area contributed by atoms with Gasteiger partial charge in [-0.05, 0) is 49.7 Å². The molecule has 148 valence electrons. The smallest absolute Gasteiger partial charge is 0.365 e. The first kappa shape index (κ1) is 19.7. The van der Waals surface area contributed by atoms with E-state index in [1.807, 2.05) is 36.7 Å². The fraction of sp³-hybridized carbons (Fsp3) is 0.150. The van der Waals surface area contributed by atoms with Crippen LogP contribution < -0.4 is 5.73 Å². The fourth-order valence-electron chi connectivity index (χ4n) is 2.70. The van der Waals surface area contributed by atoms with Crippen molar-refractivity contribution in [2.45, 2.75) is 20.4 Å². The lowest BCUT2D eigenvalue weighted by Crippen LogP contribution is -2.15. The molecule has 9 nitrogen and oxygen atoms in total. The van der Waals surface area contributed by atoms with Gasteiger partial charge < -0.3 is 10.6 Å². The average Bonchev–Trinajstić information content (AvgIpc) is 3.03. The van der Waals surface area contributed by atoms with Crippen molar-refractivity contribution in [2.75, 3.05) is 0 Å². The van der Waals surface area contributed by atoms with Gasteiger partial charge in [-0.1, -0.05) is 17.3 Å². The number of benzene rings is 2. The van der Waals surface area contributed by atoms with Gasteiger partial charge in [-0.25, -0.2) is 4.79 Å². The van der Waals surface area contributed by atoms with Crippen molar-refractivity contribution in [3.05, 3.63) is 92.8 Å². The summed E-state index contributed by atoms with van der Waals surface area (Å²) in [6.45, 7) is 4.52. The van der Waals surface area contributed by atoms with E-state index in [2.05, 4.69) is 10.3 Å². The number of nitrogens with two attached hydrogens (primary N) is 1. The van der Waals surface area contributed by atoms with Crippen molar-refractivity contribution in [1.29, 1.82) is 0 Å². The minimum absolute atomic E-state index is 0.0607. The number of nitro groups is 1. The summed E-state index contributed by atoms with van der Waals surface area (Å²) in [4.78, 5) is 27.2. The van der Waals surface area contributed by atoms with Gasteiger partial charge >= 0.3 is 5.97 Å². The number of nitro benzene ring substituents is 1. The largest absolute Gasteiger partial charge is 0.380 e. The van der Waals surface area contributed by atoms with E-state index < -0.39 is 10.9 Å². The second-order valence-electron chi connectivity index (χ2n) is 6.44. The number of aromatic nitrogens is 2. The van der Waals surface area contributed by atoms with E-state index in [1.165, 1.54) is 24.3 Å². The molecular formula is C20H19N5O4. The SMILES string of the molecule is Cc1cc(C)n(Cc2ccc(C(=O)O/N=C(\N)c3ccc([N+](=O)[O-])cc3)cc2)n1. The van der Waals surface area contributed by atoms with Crippen LogP contribution in [0.4, 0.5) is 5.69 Å². The highest BCUT2D eigenvalue weighted by Gasteiger charge is 2.10. The number of amidine groups is 1. The third kappa shape index (κ3) is 4.83. The maximum absolute atomic E-state index is 12.2. The number of carbonyl (C=O) groups is 1. The lowest BCUT2D eigenvalue weighted by Gasteiger charge is -2.06. The predicted molar refractivity (Wildman–Crippen MR) is 106 cm³/mol. The zero-order chi connectivity index (χ0) is 21.0. The van der Waals surface area contributed by atoms with Crippen LogP contribution in [0.5, 0.6) is 0 Å². The quantitative estimate of drug-likeness (QED) is 0.226. The summed E-state index contributed by atoms with van der Waals surface area (Å²) in [5, 5.41) is 18.7. The monoisotopic (exact) mass is 393 g/mol. The zero-order valence-electron chi connectivity index (χ0n) is 15.9. The summed E-state index contributed by atoms with van der Waals surface area (Å²) in [7, 11) is 0. The summed E-state index contributed by atoms with van der Waals surface area (Å²) in [6, 6.07) is 14.4. The molecule has 0 amide bonds. The summed E-state index contributed by atoms with van der Waals surface area (Å²) in [5.41, 5.74) is 9.42. The molecule has 1 heterocycles. The Balaban J connectivity index is 1.63. The average molecular weight is 393 g/mol. The molecular weight excluding hydrogens is 374 g/mol. The Labute approximate surface area is 166 Å². The summed E-state index contributed by atoms with van der Waals surface area (Å²) in [5.74, 6) is -0.720. The third-order valence-corrected chi connectivity index (χ3v) is 4.23. The van der Waals surface area contributed by atoms with Gasteiger partial charge in [-0.3, -0.25) is 14.8 Å². The van der Waals surface area contributed by atoms with E-state index in [4.69, 9.17) is 10.6 Å². The van der Waals surface area contributed by atoms with Crippen LogP contribution in [0.25, 0.3) is 0 Å². The molecule has 0 saturated carbocycles. The van der Waals surface area contributed by atoms with Crippen LogP contribution in [-0.2, 0) is 11.4 Å². The number of non-ortho nitro benzene ring substituents is 1. The molecule has 2 aromatic carbocycles. The van der Waals surface area contributed by atoms with Crippen LogP contribution in [0.1, 0.15) is 32.9 Å². The molecule has 0 bridgehead atoms. The highest BCUT2D eigenvalue weighted by Crippen LogP contribution is 2.13. The minimum atomic E-state index is -0.660. The maximum atomic E-state index is 12.2. The van der Waals surface area contributed by atoms with Crippen molar-refractivity contribution in [2.24, 2.45) is 10.9 Å². The minimum Gasteiger partial charge on any atom is -0.380 e. The van der Waals surface area contributed by atoms with Gasteiger partial charge in [-0.15, -0.1) is 0 Å². The van der Waals surface area contributed by atoms with Crippen molar-refractivity contribution in [3.63, 3.8) is 0 Å². The van der Waals surface area contributed by atoms with Crippen molar-refractivity contribution in [3.8, 4) is 0 Å². The number of carbonyl (C=O) groups excluding carboxylic acids is 1. The molecule has 0 aliphatic rings. The van der Waals surface area contributed by atoms with Crippen LogP contribution in [0.3, 0.4) is 0 Å². The Morgan fingerprint density at radius 3 is 2.31 bits per heavy atom. The molecule has 0 fully saturated rings. The first-order valence-corrected chi connectivity index (χ1v) is 8.73. The number of aryl methyl sites for hydroxylation is 2. The van der Waals surface area contributed by atoms with E-state index in [0.29, 0.717) is 17.7 Å². The van der Waals surface area contributed by atoms with Crippen LogP contribution in [0.15, 0.2) is 59.8 Å². The molecule has 0 spiro atoms. The Morgan fingerprint density at radius 1 is 1.14 bits per heavy atom. The highest BCUT2D eigenvalue weighted by atomic mass is 16.7. The Hall–Kier alpha value is -4.01. The molecule has 0 aliphatic carbocycles. The summed E-state index contributed by atoms with van der Waals surface area (Å²) < 4.78 is 1.89. The van der Waals surface area contributed by atoms with Gasteiger partial charge in [0.05, 0.1) is 22.7 Å². The molecule has 3 aromatic rings. The van der Waals surface area contributed by atoms with Crippen molar-refractivity contribution in [1.82, 2.24) is 9.78 Å². The highest BCUT2D eigenvalue weighted by molar-refractivity contribution is 5.98. The normalized spacial score (nSPS) is 11.3. The molecule has 0 saturated heterocycles. The maximum Gasteiger partial charge on any atom is 0.365 e. The Morgan fingerprint density at radius 2 is 1.76 bits per heavy atom. The molecule has 0 aliphatic heterocycles.